The Morgan fingerprint density at radius 3 is 2.45 bits per heavy atom. The normalized spacial score (nSPS) is 11.4. The molecule has 0 radical (unpaired) electrons. The van der Waals surface area contributed by atoms with Crippen LogP contribution in [0.2, 0.25) is 0 Å². The standard InChI is InChI=1S/C14H18N2O4/c1-10(14(19)20)16-12(17)8-5-9-15-13(18)11-6-3-2-4-7-11/h2-4,6-7,10H,5,8-9H2,1H3,(H,15,18)(H,16,17)(H,19,20)/t10-/m1/s1. The van der Waals surface area contributed by atoms with Gasteiger partial charge in [0.1, 0.15) is 6.04 Å². The van der Waals surface area contributed by atoms with Gasteiger partial charge in [-0.1, -0.05) is 18.2 Å². The zero-order valence-electron chi connectivity index (χ0n) is 11.3. The van der Waals surface area contributed by atoms with Crippen LogP contribution in [0.15, 0.2) is 30.3 Å². The summed E-state index contributed by atoms with van der Waals surface area (Å²) in [5, 5.41) is 13.7. The van der Waals surface area contributed by atoms with E-state index in [0.717, 1.165) is 0 Å². The van der Waals surface area contributed by atoms with Crippen LogP contribution in [-0.2, 0) is 9.59 Å². The highest BCUT2D eigenvalue weighted by atomic mass is 16.4. The van der Waals surface area contributed by atoms with E-state index < -0.39 is 12.0 Å². The third kappa shape index (κ3) is 5.51. The molecule has 0 aromatic heterocycles. The van der Waals surface area contributed by atoms with Gasteiger partial charge in [0.25, 0.3) is 5.91 Å². The number of amides is 2. The monoisotopic (exact) mass is 278 g/mol. The van der Waals surface area contributed by atoms with Crippen LogP contribution in [0.5, 0.6) is 0 Å². The summed E-state index contributed by atoms with van der Waals surface area (Å²) >= 11 is 0. The number of rotatable bonds is 7. The quantitative estimate of drug-likeness (QED) is 0.642. The maximum Gasteiger partial charge on any atom is 0.325 e. The number of carbonyl (C=O) groups excluding carboxylic acids is 2. The van der Waals surface area contributed by atoms with Crippen LogP contribution in [0.25, 0.3) is 0 Å². The SMILES string of the molecule is C[C@@H](NC(=O)CCCNC(=O)c1ccccc1)C(=O)O. The van der Waals surface area contributed by atoms with Crippen LogP contribution in [0.4, 0.5) is 0 Å². The van der Waals surface area contributed by atoms with Gasteiger partial charge >= 0.3 is 5.97 Å². The van der Waals surface area contributed by atoms with Crippen molar-refractivity contribution in [3.8, 4) is 0 Å². The molecule has 3 N–H and O–H groups in total. The van der Waals surface area contributed by atoms with Crippen LogP contribution in [-0.4, -0.2) is 35.5 Å². The van der Waals surface area contributed by atoms with Crippen molar-refractivity contribution < 1.29 is 19.5 Å². The van der Waals surface area contributed by atoms with Gasteiger partial charge in [-0.05, 0) is 25.5 Å². The van der Waals surface area contributed by atoms with E-state index in [1.54, 1.807) is 24.3 Å². The van der Waals surface area contributed by atoms with E-state index in [4.69, 9.17) is 5.11 Å². The van der Waals surface area contributed by atoms with E-state index in [0.29, 0.717) is 18.5 Å². The smallest absolute Gasteiger partial charge is 0.325 e. The third-order valence-electron chi connectivity index (χ3n) is 2.65. The van der Waals surface area contributed by atoms with Crippen LogP contribution >= 0.6 is 0 Å². The summed E-state index contributed by atoms with van der Waals surface area (Å²) in [7, 11) is 0. The first-order chi connectivity index (χ1) is 9.50. The molecule has 0 spiro atoms. The van der Waals surface area contributed by atoms with E-state index in [2.05, 4.69) is 10.6 Å². The maximum atomic E-state index is 11.7. The summed E-state index contributed by atoms with van der Waals surface area (Å²) in [4.78, 5) is 33.6. The van der Waals surface area contributed by atoms with Gasteiger partial charge in [0.15, 0.2) is 0 Å². The molecule has 1 aromatic carbocycles. The molecule has 0 saturated carbocycles. The molecule has 2 amide bonds. The Labute approximate surface area is 117 Å². The van der Waals surface area contributed by atoms with Crippen molar-refractivity contribution >= 4 is 17.8 Å². The number of hydrogen-bond acceptors (Lipinski definition) is 3. The van der Waals surface area contributed by atoms with Crippen LogP contribution in [0.1, 0.15) is 30.1 Å². The summed E-state index contributed by atoms with van der Waals surface area (Å²) < 4.78 is 0. The summed E-state index contributed by atoms with van der Waals surface area (Å²) in [6, 6.07) is 7.88. The van der Waals surface area contributed by atoms with Crippen LogP contribution in [0, 0.1) is 0 Å². The van der Waals surface area contributed by atoms with Gasteiger partial charge in [-0.15, -0.1) is 0 Å². The molecule has 0 fully saturated rings. The van der Waals surface area contributed by atoms with Crippen molar-refractivity contribution in [1.82, 2.24) is 10.6 Å². The Kier molecular flexibility index (Phi) is 6.22. The number of benzene rings is 1. The van der Waals surface area contributed by atoms with Gasteiger partial charge in [-0.25, -0.2) is 0 Å². The summed E-state index contributed by atoms with van der Waals surface area (Å²) in [6.45, 7) is 1.76. The van der Waals surface area contributed by atoms with Crippen molar-refractivity contribution in [2.75, 3.05) is 6.54 Å². The van der Waals surface area contributed by atoms with Crippen molar-refractivity contribution in [2.24, 2.45) is 0 Å². The molecule has 1 aromatic rings. The highest BCUT2D eigenvalue weighted by Gasteiger charge is 2.13. The fraction of sp³-hybridized carbons (Fsp3) is 0.357. The van der Waals surface area contributed by atoms with Gasteiger partial charge in [0.05, 0.1) is 0 Å². The summed E-state index contributed by atoms with van der Waals surface area (Å²) in [5.41, 5.74) is 0.566. The number of carboxylic acid groups (broad SMARTS) is 1. The second kappa shape index (κ2) is 7.93. The fourth-order valence-electron chi connectivity index (χ4n) is 1.52. The van der Waals surface area contributed by atoms with E-state index in [1.807, 2.05) is 6.07 Å². The molecule has 0 aliphatic heterocycles. The van der Waals surface area contributed by atoms with Gasteiger partial charge in [-0.3, -0.25) is 14.4 Å². The zero-order valence-corrected chi connectivity index (χ0v) is 11.3. The third-order valence-corrected chi connectivity index (χ3v) is 2.65. The average molecular weight is 278 g/mol. The average Bonchev–Trinajstić information content (AvgIpc) is 2.44. The lowest BCUT2D eigenvalue weighted by Gasteiger charge is -2.09. The van der Waals surface area contributed by atoms with Crippen LogP contribution in [0.3, 0.4) is 0 Å². The Bertz CT molecular complexity index is 473. The first-order valence-electron chi connectivity index (χ1n) is 6.36. The predicted octanol–water partition coefficient (Wildman–Crippen LogP) is 0.786. The topological polar surface area (TPSA) is 95.5 Å². The van der Waals surface area contributed by atoms with Crippen molar-refractivity contribution in [1.29, 1.82) is 0 Å². The molecular formula is C14H18N2O4. The first kappa shape index (κ1) is 15.7. The molecule has 0 aliphatic carbocycles. The highest BCUT2D eigenvalue weighted by molar-refractivity contribution is 5.94. The second-order valence-corrected chi connectivity index (χ2v) is 4.35. The van der Waals surface area contributed by atoms with Crippen molar-refractivity contribution in [3.63, 3.8) is 0 Å². The van der Waals surface area contributed by atoms with Gasteiger partial charge in [0, 0.05) is 18.5 Å². The molecule has 6 nitrogen and oxygen atoms in total. The molecular weight excluding hydrogens is 260 g/mol. The molecule has 0 saturated heterocycles. The summed E-state index contributed by atoms with van der Waals surface area (Å²) in [6.07, 6.45) is 0.628. The Balaban J connectivity index is 2.20. The zero-order chi connectivity index (χ0) is 15.0. The molecule has 1 atom stereocenters. The number of aliphatic carboxylic acids is 1. The first-order valence-corrected chi connectivity index (χ1v) is 6.36. The lowest BCUT2D eigenvalue weighted by molar-refractivity contribution is -0.141. The molecule has 20 heavy (non-hydrogen) atoms. The molecule has 6 heteroatoms. The largest absolute Gasteiger partial charge is 0.480 e. The molecule has 1 rings (SSSR count). The Morgan fingerprint density at radius 2 is 1.85 bits per heavy atom. The number of nitrogens with one attached hydrogen (secondary N) is 2. The number of carbonyl (C=O) groups is 3. The van der Waals surface area contributed by atoms with Gasteiger partial charge in [0.2, 0.25) is 5.91 Å². The van der Waals surface area contributed by atoms with Crippen LogP contribution < -0.4 is 10.6 Å². The second-order valence-electron chi connectivity index (χ2n) is 4.35. The van der Waals surface area contributed by atoms with E-state index >= 15 is 0 Å². The predicted molar refractivity (Wildman–Crippen MR) is 73.2 cm³/mol. The minimum atomic E-state index is -1.07. The lowest BCUT2D eigenvalue weighted by atomic mass is 10.2. The van der Waals surface area contributed by atoms with Gasteiger partial charge in [-0.2, -0.15) is 0 Å². The molecule has 0 aliphatic rings. The van der Waals surface area contributed by atoms with E-state index in [1.165, 1.54) is 6.92 Å². The number of hydrogen-bond donors (Lipinski definition) is 3. The van der Waals surface area contributed by atoms with E-state index in [-0.39, 0.29) is 18.2 Å². The van der Waals surface area contributed by atoms with Gasteiger partial charge < -0.3 is 15.7 Å². The van der Waals surface area contributed by atoms with Crippen molar-refractivity contribution in [2.45, 2.75) is 25.8 Å². The highest BCUT2D eigenvalue weighted by Crippen LogP contribution is 1.98. The lowest BCUT2D eigenvalue weighted by Crippen LogP contribution is -2.38. The minimum absolute atomic E-state index is 0.173. The number of carboxylic acids is 1. The Morgan fingerprint density at radius 1 is 1.20 bits per heavy atom. The minimum Gasteiger partial charge on any atom is -0.480 e. The van der Waals surface area contributed by atoms with E-state index in [9.17, 15) is 14.4 Å². The molecule has 0 unspecified atom stereocenters. The molecule has 0 heterocycles. The Hall–Kier alpha value is -2.37. The fourth-order valence-corrected chi connectivity index (χ4v) is 1.52. The molecule has 108 valence electrons. The maximum absolute atomic E-state index is 11.7. The summed E-state index contributed by atoms with van der Waals surface area (Å²) in [5.74, 6) is -1.60. The molecule has 0 bridgehead atoms. The van der Waals surface area contributed by atoms with Crippen molar-refractivity contribution in [3.05, 3.63) is 35.9 Å².